The molecule has 0 amide bonds. The average molecular weight is 236 g/mol. The lowest BCUT2D eigenvalue weighted by molar-refractivity contribution is -0.142. The molecule has 0 unspecified atom stereocenters. The third-order valence-corrected chi connectivity index (χ3v) is 3.18. The van der Waals surface area contributed by atoms with E-state index in [0.717, 1.165) is 30.5 Å². The van der Waals surface area contributed by atoms with Gasteiger partial charge in [-0.25, -0.2) is 4.98 Å². The molecular formula is C12H16N2O3. The fraction of sp³-hybridized carbons (Fsp3) is 0.583. The topological polar surface area (TPSA) is 72.3 Å². The lowest BCUT2D eigenvalue weighted by atomic mass is 9.92. The van der Waals surface area contributed by atoms with Crippen LogP contribution >= 0.6 is 0 Å². The van der Waals surface area contributed by atoms with Gasteiger partial charge in [-0.05, 0) is 33.1 Å². The van der Waals surface area contributed by atoms with E-state index >= 15 is 0 Å². The first-order valence-corrected chi connectivity index (χ1v) is 5.64. The van der Waals surface area contributed by atoms with E-state index in [1.807, 2.05) is 0 Å². The molecule has 0 radical (unpaired) electrons. The molecule has 5 nitrogen and oxygen atoms in total. The fourth-order valence-corrected chi connectivity index (χ4v) is 1.94. The first kappa shape index (κ1) is 11.8. The van der Waals surface area contributed by atoms with Crippen molar-refractivity contribution in [1.82, 2.24) is 9.97 Å². The molecule has 0 atom stereocenters. The number of hydrogen-bond acceptors (Lipinski definition) is 4. The van der Waals surface area contributed by atoms with Crippen molar-refractivity contribution in [2.75, 3.05) is 7.11 Å². The SMILES string of the molecule is COc1nc(C(C)(C)C(=O)O)nc2c1CCC2. The summed E-state index contributed by atoms with van der Waals surface area (Å²) in [6.45, 7) is 3.21. The summed E-state index contributed by atoms with van der Waals surface area (Å²) in [6, 6.07) is 0. The van der Waals surface area contributed by atoms with Gasteiger partial charge in [-0.3, -0.25) is 4.79 Å². The van der Waals surface area contributed by atoms with Gasteiger partial charge in [-0.1, -0.05) is 0 Å². The summed E-state index contributed by atoms with van der Waals surface area (Å²) >= 11 is 0. The molecule has 5 heteroatoms. The minimum Gasteiger partial charge on any atom is -0.481 e. The van der Waals surface area contributed by atoms with Gasteiger partial charge in [0.15, 0.2) is 0 Å². The van der Waals surface area contributed by atoms with Crippen LogP contribution in [0.5, 0.6) is 5.88 Å². The maximum atomic E-state index is 11.2. The van der Waals surface area contributed by atoms with Crippen molar-refractivity contribution in [2.45, 2.75) is 38.5 Å². The number of carboxylic acid groups (broad SMARTS) is 1. The molecule has 1 aliphatic carbocycles. The van der Waals surface area contributed by atoms with Crippen molar-refractivity contribution in [2.24, 2.45) is 0 Å². The van der Waals surface area contributed by atoms with Crippen LogP contribution in [-0.4, -0.2) is 28.2 Å². The van der Waals surface area contributed by atoms with Crippen molar-refractivity contribution in [1.29, 1.82) is 0 Å². The molecule has 92 valence electrons. The van der Waals surface area contributed by atoms with E-state index in [9.17, 15) is 9.90 Å². The highest BCUT2D eigenvalue weighted by atomic mass is 16.5. The smallest absolute Gasteiger partial charge is 0.316 e. The Kier molecular flexibility index (Phi) is 2.77. The van der Waals surface area contributed by atoms with Gasteiger partial charge in [0.1, 0.15) is 11.2 Å². The van der Waals surface area contributed by atoms with Crippen molar-refractivity contribution in [3.63, 3.8) is 0 Å². The van der Waals surface area contributed by atoms with Gasteiger partial charge in [-0.15, -0.1) is 0 Å². The summed E-state index contributed by atoms with van der Waals surface area (Å²) in [6.07, 6.45) is 2.81. The zero-order valence-corrected chi connectivity index (χ0v) is 10.3. The second kappa shape index (κ2) is 3.98. The van der Waals surface area contributed by atoms with E-state index in [-0.39, 0.29) is 0 Å². The molecular weight excluding hydrogens is 220 g/mol. The Morgan fingerprint density at radius 1 is 1.35 bits per heavy atom. The molecule has 1 aromatic rings. The lowest BCUT2D eigenvalue weighted by Gasteiger charge is -2.19. The monoisotopic (exact) mass is 236 g/mol. The molecule has 2 rings (SSSR count). The Bertz CT molecular complexity index is 469. The van der Waals surface area contributed by atoms with Crippen LogP contribution in [0.2, 0.25) is 0 Å². The molecule has 0 saturated carbocycles. The van der Waals surface area contributed by atoms with E-state index in [0.29, 0.717) is 11.7 Å². The molecule has 17 heavy (non-hydrogen) atoms. The van der Waals surface area contributed by atoms with Crippen molar-refractivity contribution in [3.8, 4) is 5.88 Å². The summed E-state index contributed by atoms with van der Waals surface area (Å²) in [5.41, 5.74) is 0.865. The van der Waals surface area contributed by atoms with Crippen LogP contribution in [0.4, 0.5) is 0 Å². The predicted molar refractivity (Wildman–Crippen MR) is 61.3 cm³/mol. The number of hydrogen-bond donors (Lipinski definition) is 1. The number of carbonyl (C=O) groups is 1. The summed E-state index contributed by atoms with van der Waals surface area (Å²) in [4.78, 5) is 19.8. The third-order valence-electron chi connectivity index (χ3n) is 3.18. The summed E-state index contributed by atoms with van der Waals surface area (Å²) in [7, 11) is 1.55. The van der Waals surface area contributed by atoms with Gasteiger partial charge in [0, 0.05) is 5.56 Å². The van der Waals surface area contributed by atoms with Gasteiger partial charge in [-0.2, -0.15) is 4.98 Å². The van der Waals surface area contributed by atoms with E-state index < -0.39 is 11.4 Å². The molecule has 0 bridgehead atoms. The average Bonchev–Trinajstić information content (AvgIpc) is 2.75. The number of aromatic nitrogens is 2. The molecule has 1 aliphatic rings. The second-order valence-electron chi connectivity index (χ2n) is 4.77. The van der Waals surface area contributed by atoms with Gasteiger partial charge in [0.25, 0.3) is 0 Å². The Hall–Kier alpha value is -1.65. The van der Waals surface area contributed by atoms with Gasteiger partial charge < -0.3 is 9.84 Å². The highest BCUT2D eigenvalue weighted by molar-refractivity contribution is 5.79. The van der Waals surface area contributed by atoms with Crippen molar-refractivity contribution >= 4 is 5.97 Å². The lowest BCUT2D eigenvalue weighted by Crippen LogP contribution is -2.31. The van der Waals surface area contributed by atoms with Crippen molar-refractivity contribution < 1.29 is 14.6 Å². The summed E-state index contributed by atoms with van der Waals surface area (Å²) in [5, 5.41) is 9.19. The predicted octanol–water partition coefficient (Wildman–Crippen LogP) is 1.34. The summed E-state index contributed by atoms with van der Waals surface area (Å²) in [5.74, 6) is -0.0863. The van der Waals surface area contributed by atoms with Crippen LogP contribution in [0.3, 0.4) is 0 Å². The number of aliphatic carboxylic acids is 1. The van der Waals surface area contributed by atoms with Crippen LogP contribution in [0, 0.1) is 0 Å². The van der Waals surface area contributed by atoms with Gasteiger partial charge in [0.2, 0.25) is 5.88 Å². The van der Waals surface area contributed by atoms with E-state index in [1.165, 1.54) is 0 Å². The number of rotatable bonds is 3. The third kappa shape index (κ3) is 1.85. The zero-order chi connectivity index (χ0) is 12.6. The zero-order valence-electron chi connectivity index (χ0n) is 10.3. The number of methoxy groups -OCH3 is 1. The molecule has 0 spiro atoms. The maximum Gasteiger partial charge on any atom is 0.316 e. The Labute approximate surface area is 99.9 Å². The second-order valence-corrected chi connectivity index (χ2v) is 4.77. The van der Waals surface area contributed by atoms with Crippen molar-refractivity contribution in [3.05, 3.63) is 17.1 Å². The first-order chi connectivity index (χ1) is 7.96. The Balaban J connectivity index is 2.54. The number of aryl methyl sites for hydroxylation is 1. The number of ether oxygens (including phenoxy) is 1. The first-order valence-electron chi connectivity index (χ1n) is 5.64. The molecule has 1 N–H and O–H groups in total. The fourth-order valence-electron chi connectivity index (χ4n) is 1.94. The number of nitrogens with zero attached hydrogens (tertiary/aromatic N) is 2. The number of carboxylic acids is 1. The number of fused-ring (bicyclic) bond motifs is 1. The molecule has 0 aliphatic heterocycles. The van der Waals surface area contributed by atoms with Crippen LogP contribution < -0.4 is 4.74 Å². The van der Waals surface area contributed by atoms with E-state index in [1.54, 1.807) is 21.0 Å². The van der Waals surface area contributed by atoms with E-state index in [4.69, 9.17) is 4.74 Å². The Morgan fingerprint density at radius 2 is 2.06 bits per heavy atom. The minimum atomic E-state index is -1.09. The highest BCUT2D eigenvalue weighted by Crippen LogP contribution is 2.31. The minimum absolute atomic E-state index is 0.322. The van der Waals surface area contributed by atoms with Crippen LogP contribution in [0.25, 0.3) is 0 Å². The largest absolute Gasteiger partial charge is 0.481 e. The molecule has 0 aromatic carbocycles. The normalized spacial score (nSPS) is 14.5. The van der Waals surface area contributed by atoms with Crippen LogP contribution in [0.15, 0.2) is 0 Å². The van der Waals surface area contributed by atoms with Gasteiger partial charge >= 0.3 is 5.97 Å². The molecule has 1 aromatic heterocycles. The van der Waals surface area contributed by atoms with Crippen LogP contribution in [0.1, 0.15) is 37.4 Å². The standard InChI is InChI=1S/C12H16N2O3/c1-12(2,11(15)16)10-13-8-6-4-5-7(8)9(14-10)17-3/h4-6H2,1-3H3,(H,15,16). The van der Waals surface area contributed by atoms with Crippen LogP contribution in [-0.2, 0) is 23.1 Å². The van der Waals surface area contributed by atoms with E-state index in [2.05, 4.69) is 9.97 Å². The highest BCUT2D eigenvalue weighted by Gasteiger charge is 2.35. The Morgan fingerprint density at radius 3 is 2.65 bits per heavy atom. The molecule has 1 heterocycles. The summed E-state index contributed by atoms with van der Waals surface area (Å²) < 4.78 is 5.23. The van der Waals surface area contributed by atoms with Gasteiger partial charge in [0.05, 0.1) is 12.8 Å². The quantitative estimate of drug-likeness (QED) is 0.857. The molecule has 0 saturated heterocycles. The maximum absolute atomic E-state index is 11.2. The molecule has 0 fully saturated rings.